The standard InChI is InChI=1S/C22H25N3O2S/c1-14-15(2)20(11-23)22(24-16(14)3)28-13-21(26)25(18-7-8-18)12-17-5-9-19(27-4)10-6-17/h5-6,9-10,18H,7-8,12-13H2,1-4H3. The molecular formula is C22H25N3O2S. The first kappa shape index (κ1) is 20.2. The Kier molecular flexibility index (Phi) is 6.25. The summed E-state index contributed by atoms with van der Waals surface area (Å²) >= 11 is 1.36. The number of carbonyl (C=O) groups is 1. The van der Waals surface area contributed by atoms with Gasteiger partial charge in [-0.15, -0.1) is 0 Å². The molecule has 1 aromatic carbocycles. The highest BCUT2D eigenvalue weighted by Gasteiger charge is 2.32. The average molecular weight is 396 g/mol. The predicted molar refractivity (Wildman–Crippen MR) is 110 cm³/mol. The third kappa shape index (κ3) is 4.48. The van der Waals surface area contributed by atoms with E-state index in [-0.39, 0.29) is 11.7 Å². The Balaban J connectivity index is 1.71. The van der Waals surface area contributed by atoms with Crippen molar-refractivity contribution in [2.45, 2.75) is 51.2 Å². The maximum Gasteiger partial charge on any atom is 0.233 e. The first-order valence-corrected chi connectivity index (χ1v) is 10.4. The molecule has 5 nitrogen and oxygen atoms in total. The van der Waals surface area contributed by atoms with Gasteiger partial charge in [0.05, 0.1) is 18.4 Å². The van der Waals surface area contributed by atoms with Gasteiger partial charge < -0.3 is 9.64 Å². The minimum absolute atomic E-state index is 0.0879. The van der Waals surface area contributed by atoms with E-state index in [9.17, 15) is 10.1 Å². The zero-order chi connectivity index (χ0) is 20.3. The Morgan fingerprint density at radius 2 is 1.93 bits per heavy atom. The molecule has 0 bridgehead atoms. The SMILES string of the molecule is COc1ccc(CN(C(=O)CSc2nc(C)c(C)c(C)c2C#N)C2CC2)cc1. The third-order valence-electron chi connectivity index (χ3n) is 5.23. The van der Waals surface area contributed by atoms with E-state index >= 15 is 0 Å². The van der Waals surface area contributed by atoms with E-state index in [1.165, 1.54) is 11.8 Å². The number of pyridine rings is 1. The number of carbonyl (C=O) groups excluding carboxylic acids is 1. The van der Waals surface area contributed by atoms with Crippen LogP contribution in [0.5, 0.6) is 5.75 Å². The quantitative estimate of drug-likeness (QED) is 0.658. The Morgan fingerprint density at radius 1 is 1.25 bits per heavy atom. The van der Waals surface area contributed by atoms with Gasteiger partial charge in [-0.2, -0.15) is 5.26 Å². The molecule has 0 unspecified atom stereocenters. The Morgan fingerprint density at radius 3 is 2.50 bits per heavy atom. The van der Waals surface area contributed by atoms with Crippen LogP contribution in [0.25, 0.3) is 0 Å². The van der Waals surface area contributed by atoms with Crippen molar-refractivity contribution in [3.8, 4) is 11.8 Å². The lowest BCUT2D eigenvalue weighted by atomic mass is 10.1. The molecule has 1 fully saturated rings. The van der Waals surface area contributed by atoms with Gasteiger partial charge >= 0.3 is 0 Å². The molecule has 0 atom stereocenters. The number of aryl methyl sites for hydroxylation is 1. The zero-order valence-corrected chi connectivity index (χ0v) is 17.6. The summed E-state index contributed by atoms with van der Waals surface area (Å²) in [4.78, 5) is 19.4. The third-order valence-corrected chi connectivity index (χ3v) is 6.19. The molecule has 1 aromatic heterocycles. The van der Waals surface area contributed by atoms with Crippen LogP contribution in [0.3, 0.4) is 0 Å². The number of nitriles is 1. The predicted octanol–water partition coefficient (Wildman–Crippen LogP) is 4.17. The number of rotatable bonds is 7. The summed E-state index contributed by atoms with van der Waals surface area (Å²) < 4.78 is 5.20. The van der Waals surface area contributed by atoms with E-state index in [1.807, 2.05) is 49.9 Å². The topological polar surface area (TPSA) is 66.2 Å². The highest BCUT2D eigenvalue weighted by atomic mass is 32.2. The molecule has 0 N–H and O–H groups in total. The number of hydrogen-bond donors (Lipinski definition) is 0. The Bertz CT molecular complexity index is 915. The van der Waals surface area contributed by atoms with Crippen LogP contribution in [0.1, 0.15) is 40.8 Å². The van der Waals surface area contributed by atoms with Crippen molar-refractivity contribution in [3.05, 3.63) is 52.2 Å². The fraction of sp³-hybridized carbons (Fsp3) is 0.409. The van der Waals surface area contributed by atoms with Gasteiger partial charge in [0.15, 0.2) is 0 Å². The number of thioether (sulfide) groups is 1. The summed E-state index contributed by atoms with van der Waals surface area (Å²) in [5.41, 5.74) is 4.55. The molecule has 1 aliphatic carbocycles. The van der Waals surface area contributed by atoms with Crippen molar-refractivity contribution in [2.24, 2.45) is 0 Å². The summed E-state index contributed by atoms with van der Waals surface area (Å²) in [6.45, 7) is 6.45. The normalized spacial score (nSPS) is 13.1. The monoisotopic (exact) mass is 395 g/mol. The minimum Gasteiger partial charge on any atom is -0.497 e. The molecule has 0 aliphatic heterocycles. The van der Waals surface area contributed by atoms with Gasteiger partial charge in [0.1, 0.15) is 16.8 Å². The van der Waals surface area contributed by atoms with Gasteiger partial charge in [-0.3, -0.25) is 4.79 Å². The molecule has 2 aromatic rings. The van der Waals surface area contributed by atoms with Gasteiger partial charge in [-0.25, -0.2) is 4.98 Å². The molecule has 1 aliphatic rings. The zero-order valence-electron chi connectivity index (χ0n) is 16.8. The molecule has 1 heterocycles. The molecule has 0 saturated heterocycles. The van der Waals surface area contributed by atoms with E-state index in [2.05, 4.69) is 11.1 Å². The summed E-state index contributed by atoms with van der Waals surface area (Å²) in [6.07, 6.45) is 2.11. The molecule has 1 saturated carbocycles. The molecule has 1 amide bonds. The fourth-order valence-corrected chi connectivity index (χ4v) is 4.07. The van der Waals surface area contributed by atoms with E-state index < -0.39 is 0 Å². The number of ether oxygens (including phenoxy) is 1. The number of hydrogen-bond acceptors (Lipinski definition) is 5. The van der Waals surface area contributed by atoms with Crippen molar-refractivity contribution >= 4 is 17.7 Å². The van der Waals surface area contributed by atoms with Crippen LogP contribution in [0, 0.1) is 32.1 Å². The highest BCUT2D eigenvalue weighted by Crippen LogP contribution is 2.31. The molecular weight excluding hydrogens is 370 g/mol. The fourth-order valence-electron chi connectivity index (χ4n) is 3.10. The smallest absolute Gasteiger partial charge is 0.233 e. The first-order chi connectivity index (χ1) is 13.4. The Hall–Kier alpha value is -2.52. The summed E-state index contributed by atoms with van der Waals surface area (Å²) in [5, 5.41) is 10.2. The summed E-state index contributed by atoms with van der Waals surface area (Å²) in [5.74, 6) is 1.18. The highest BCUT2D eigenvalue weighted by molar-refractivity contribution is 8.00. The molecule has 0 radical (unpaired) electrons. The van der Waals surface area contributed by atoms with Gasteiger partial charge in [0.2, 0.25) is 5.91 Å². The molecule has 0 spiro atoms. The number of methoxy groups -OCH3 is 1. The van der Waals surface area contributed by atoms with E-state index in [4.69, 9.17) is 4.74 Å². The van der Waals surface area contributed by atoms with E-state index in [0.717, 1.165) is 41.0 Å². The number of aromatic nitrogens is 1. The van der Waals surface area contributed by atoms with Crippen molar-refractivity contribution in [1.82, 2.24) is 9.88 Å². The number of benzene rings is 1. The maximum absolute atomic E-state index is 12.9. The van der Waals surface area contributed by atoms with Gasteiger partial charge in [-0.1, -0.05) is 23.9 Å². The van der Waals surface area contributed by atoms with E-state index in [1.54, 1.807) is 7.11 Å². The first-order valence-electron chi connectivity index (χ1n) is 9.37. The van der Waals surface area contributed by atoms with Crippen LogP contribution in [0.4, 0.5) is 0 Å². The van der Waals surface area contributed by atoms with Crippen molar-refractivity contribution in [3.63, 3.8) is 0 Å². The van der Waals surface area contributed by atoms with Crippen LogP contribution in [-0.4, -0.2) is 34.7 Å². The van der Waals surface area contributed by atoms with Crippen molar-refractivity contribution in [2.75, 3.05) is 12.9 Å². The minimum atomic E-state index is 0.0879. The molecule has 3 rings (SSSR count). The van der Waals surface area contributed by atoms with Crippen molar-refractivity contribution in [1.29, 1.82) is 5.26 Å². The van der Waals surface area contributed by atoms with Crippen LogP contribution >= 0.6 is 11.8 Å². The lowest BCUT2D eigenvalue weighted by Gasteiger charge is -2.23. The molecule has 146 valence electrons. The van der Waals surface area contributed by atoms with Crippen LogP contribution < -0.4 is 4.74 Å². The Labute approximate surface area is 170 Å². The summed E-state index contributed by atoms with van der Waals surface area (Å²) in [6, 6.07) is 10.4. The lowest BCUT2D eigenvalue weighted by molar-refractivity contribution is -0.129. The second-order valence-electron chi connectivity index (χ2n) is 7.13. The second kappa shape index (κ2) is 8.66. The maximum atomic E-state index is 12.9. The van der Waals surface area contributed by atoms with Gasteiger partial charge in [0, 0.05) is 18.3 Å². The van der Waals surface area contributed by atoms with E-state index in [0.29, 0.717) is 23.2 Å². The van der Waals surface area contributed by atoms with Crippen molar-refractivity contribution < 1.29 is 9.53 Å². The van der Waals surface area contributed by atoms with Crippen LogP contribution in [0.2, 0.25) is 0 Å². The number of amides is 1. The van der Waals surface area contributed by atoms with Crippen LogP contribution in [-0.2, 0) is 11.3 Å². The van der Waals surface area contributed by atoms with Gasteiger partial charge in [-0.05, 0) is 62.4 Å². The van der Waals surface area contributed by atoms with Gasteiger partial charge in [0.25, 0.3) is 0 Å². The molecule has 28 heavy (non-hydrogen) atoms. The number of nitrogens with zero attached hydrogens (tertiary/aromatic N) is 3. The molecule has 6 heteroatoms. The second-order valence-corrected chi connectivity index (χ2v) is 8.09. The van der Waals surface area contributed by atoms with Crippen LogP contribution in [0.15, 0.2) is 29.3 Å². The summed E-state index contributed by atoms with van der Waals surface area (Å²) in [7, 11) is 1.64. The largest absolute Gasteiger partial charge is 0.497 e. The average Bonchev–Trinajstić information content (AvgIpc) is 3.54. The lowest BCUT2D eigenvalue weighted by Crippen LogP contribution is -2.34.